The minimum Gasteiger partial charge on any atom is -0.493 e. The van der Waals surface area contributed by atoms with Gasteiger partial charge in [-0.3, -0.25) is 4.79 Å². The van der Waals surface area contributed by atoms with Crippen molar-refractivity contribution in [3.8, 4) is 5.75 Å². The molecular weight excluding hydrogens is 244 g/mol. The summed E-state index contributed by atoms with van der Waals surface area (Å²) in [5.74, 6) is 0.777. The molecule has 2 nitrogen and oxygen atoms in total. The van der Waals surface area contributed by atoms with Crippen LogP contribution in [0.1, 0.15) is 29.8 Å². The molecule has 0 aliphatic heterocycles. The van der Waals surface area contributed by atoms with Crippen molar-refractivity contribution in [2.75, 3.05) is 6.61 Å². The van der Waals surface area contributed by atoms with E-state index < -0.39 is 0 Å². The average molecular weight is 257 g/mol. The third-order valence-corrected chi connectivity index (χ3v) is 2.68. The van der Waals surface area contributed by atoms with Crippen molar-refractivity contribution in [3.05, 3.63) is 27.7 Å². The summed E-state index contributed by atoms with van der Waals surface area (Å²) in [6.45, 7) is 6.01. The van der Waals surface area contributed by atoms with Crippen molar-refractivity contribution in [3.63, 3.8) is 0 Å². The van der Waals surface area contributed by atoms with E-state index in [1.165, 1.54) is 0 Å². The fourth-order valence-electron chi connectivity index (χ4n) is 1.25. The summed E-state index contributed by atoms with van der Waals surface area (Å²) in [7, 11) is 0. The van der Waals surface area contributed by atoms with Gasteiger partial charge in [-0.25, -0.2) is 0 Å². The standard InChI is InChI=1S/C11H13BrO2/c1-4-14-10-6-7(2)5-9(8(3)13)11(10)12/h5-6H,4H2,1-3H3. The number of Topliss-reactive ketones (excluding diaryl/α,β-unsaturated/α-hetero) is 1. The zero-order valence-corrected chi connectivity index (χ0v) is 10.1. The molecule has 0 bridgehead atoms. The highest BCUT2D eigenvalue weighted by molar-refractivity contribution is 9.10. The SMILES string of the molecule is CCOc1cc(C)cc(C(C)=O)c1Br. The molecule has 0 unspecified atom stereocenters. The molecule has 0 aliphatic carbocycles. The summed E-state index contributed by atoms with van der Waals surface area (Å²) in [6.07, 6.45) is 0. The van der Waals surface area contributed by atoms with E-state index >= 15 is 0 Å². The second-order valence-corrected chi connectivity index (χ2v) is 3.91. The first kappa shape index (κ1) is 11.2. The molecule has 0 aromatic heterocycles. The number of halogens is 1. The Morgan fingerprint density at radius 1 is 1.50 bits per heavy atom. The van der Waals surface area contributed by atoms with Gasteiger partial charge in [-0.05, 0) is 54.4 Å². The van der Waals surface area contributed by atoms with Gasteiger partial charge >= 0.3 is 0 Å². The molecule has 0 atom stereocenters. The van der Waals surface area contributed by atoms with Gasteiger partial charge in [0, 0.05) is 5.56 Å². The van der Waals surface area contributed by atoms with E-state index in [0.29, 0.717) is 12.2 Å². The fourth-order valence-corrected chi connectivity index (χ4v) is 1.87. The Kier molecular flexibility index (Phi) is 3.69. The van der Waals surface area contributed by atoms with Crippen LogP contribution in [-0.2, 0) is 0 Å². The van der Waals surface area contributed by atoms with Crippen molar-refractivity contribution < 1.29 is 9.53 Å². The number of ether oxygens (including phenoxy) is 1. The Morgan fingerprint density at radius 2 is 2.14 bits per heavy atom. The van der Waals surface area contributed by atoms with Crippen LogP contribution in [0.3, 0.4) is 0 Å². The third-order valence-electron chi connectivity index (χ3n) is 1.86. The number of carbonyl (C=O) groups is 1. The number of aryl methyl sites for hydroxylation is 1. The van der Waals surface area contributed by atoms with Crippen molar-refractivity contribution in [2.24, 2.45) is 0 Å². The molecule has 0 fully saturated rings. The van der Waals surface area contributed by atoms with Gasteiger partial charge in [0.1, 0.15) is 5.75 Å². The Hall–Kier alpha value is -0.830. The first-order chi connectivity index (χ1) is 6.56. The van der Waals surface area contributed by atoms with Crippen molar-refractivity contribution in [1.29, 1.82) is 0 Å². The van der Waals surface area contributed by atoms with Gasteiger partial charge in [0.05, 0.1) is 11.1 Å². The van der Waals surface area contributed by atoms with Crippen LogP contribution in [0.2, 0.25) is 0 Å². The molecule has 0 spiro atoms. The second kappa shape index (κ2) is 4.60. The summed E-state index contributed by atoms with van der Waals surface area (Å²) in [4.78, 5) is 11.3. The Morgan fingerprint density at radius 3 is 2.64 bits per heavy atom. The highest BCUT2D eigenvalue weighted by Crippen LogP contribution is 2.30. The lowest BCUT2D eigenvalue weighted by atomic mass is 10.1. The molecule has 1 rings (SSSR count). The molecule has 0 radical (unpaired) electrons. The normalized spacial score (nSPS) is 10.0. The first-order valence-electron chi connectivity index (χ1n) is 4.50. The number of hydrogen-bond acceptors (Lipinski definition) is 2. The molecule has 14 heavy (non-hydrogen) atoms. The van der Waals surface area contributed by atoms with Crippen molar-refractivity contribution in [1.82, 2.24) is 0 Å². The minimum absolute atomic E-state index is 0.0431. The summed E-state index contributed by atoms with van der Waals surface area (Å²) >= 11 is 3.37. The van der Waals surface area contributed by atoms with Crippen LogP contribution >= 0.6 is 15.9 Å². The van der Waals surface area contributed by atoms with Crippen LogP contribution in [0.4, 0.5) is 0 Å². The molecule has 0 saturated heterocycles. The molecule has 0 saturated carbocycles. The molecule has 3 heteroatoms. The van der Waals surface area contributed by atoms with Gasteiger partial charge in [-0.2, -0.15) is 0 Å². The molecular formula is C11H13BrO2. The zero-order valence-electron chi connectivity index (χ0n) is 8.56. The molecule has 1 aromatic rings. The summed E-state index contributed by atoms with van der Waals surface area (Å²) in [6, 6.07) is 3.77. The largest absolute Gasteiger partial charge is 0.493 e. The lowest BCUT2D eigenvalue weighted by molar-refractivity contribution is 0.101. The van der Waals surface area contributed by atoms with Crippen LogP contribution in [0.25, 0.3) is 0 Å². The molecule has 0 amide bonds. The first-order valence-corrected chi connectivity index (χ1v) is 5.29. The van der Waals surface area contributed by atoms with E-state index in [9.17, 15) is 4.79 Å². The molecule has 76 valence electrons. The van der Waals surface area contributed by atoms with Gasteiger partial charge < -0.3 is 4.74 Å². The lowest BCUT2D eigenvalue weighted by Crippen LogP contribution is -1.99. The predicted octanol–water partition coefficient (Wildman–Crippen LogP) is 3.36. The molecule has 0 heterocycles. The van der Waals surface area contributed by atoms with Crippen LogP contribution in [0, 0.1) is 6.92 Å². The quantitative estimate of drug-likeness (QED) is 0.776. The average Bonchev–Trinajstić information content (AvgIpc) is 2.10. The van der Waals surface area contributed by atoms with Gasteiger partial charge in [-0.1, -0.05) is 0 Å². The predicted molar refractivity (Wildman–Crippen MR) is 60.1 cm³/mol. The number of ketones is 1. The molecule has 0 N–H and O–H groups in total. The van der Waals surface area contributed by atoms with Gasteiger partial charge in [-0.15, -0.1) is 0 Å². The highest BCUT2D eigenvalue weighted by atomic mass is 79.9. The minimum atomic E-state index is 0.0431. The Bertz CT molecular complexity index is 359. The maximum atomic E-state index is 11.3. The van der Waals surface area contributed by atoms with E-state index in [1.54, 1.807) is 6.92 Å². The third kappa shape index (κ3) is 2.35. The highest BCUT2D eigenvalue weighted by Gasteiger charge is 2.11. The zero-order chi connectivity index (χ0) is 10.7. The number of benzene rings is 1. The van der Waals surface area contributed by atoms with E-state index in [4.69, 9.17) is 4.74 Å². The van der Waals surface area contributed by atoms with Crippen molar-refractivity contribution in [2.45, 2.75) is 20.8 Å². The summed E-state index contributed by atoms with van der Waals surface area (Å²) in [5, 5.41) is 0. The number of rotatable bonds is 3. The Labute approximate surface area is 92.4 Å². The number of carbonyl (C=O) groups excluding carboxylic acids is 1. The fraction of sp³-hybridized carbons (Fsp3) is 0.364. The van der Waals surface area contributed by atoms with Crippen LogP contribution in [0.5, 0.6) is 5.75 Å². The van der Waals surface area contributed by atoms with E-state index in [2.05, 4.69) is 15.9 Å². The van der Waals surface area contributed by atoms with Gasteiger partial charge in [0.25, 0.3) is 0 Å². The van der Waals surface area contributed by atoms with Gasteiger partial charge in [0.2, 0.25) is 0 Å². The molecule has 0 aliphatic rings. The topological polar surface area (TPSA) is 26.3 Å². The van der Waals surface area contributed by atoms with Crippen LogP contribution in [-0.4, -0.2) is 12.4 Å². The van der Waals surface area contributed by atoms with Gasteiger partial charge in [0.15, 0.2) is 5.78 Å². The summed E-state index contributed by atoms with van der Waals surface area (Å²) in [5.41, 5.74) is 1.70. The lowest BCUT2D eigenvalue weighted by Gasteiger charge is -2.09. The van der Waals surface area contributed by atoms with Crippen LogP contribution in [0.15, 0.2) is 16.6 Å². The van der Waals surface area contributed by atoms with E-state index in [0.717, 1.165) is 15.8 Å². The van der Waals surface area contributed by atoms with Crippen LogP contribution < -0.4 is 4.74 Å². The Balaban J connectivity index is 3.24. The smallest absolute Gasteiger partial charge is 0.161 e. The maximum Gasteiger partial charge on any atom is 0.161 e. The monoisotopic (exact) mass is 256 g/mol. The van der Waals surface area contributed by atoms with E-state index in [1.807, 2.05) is 26.0 Å². The van der Waals surface area contributed by atoms with Crippen molar-refractivity contribution >= 4 is 21.7 Å². The van der Waals surface area contributed by atoms with E-state index in [-0.39, 0.29) is 5.78 Å². The summed E-state index contributed by atoms with van der Waals surface area (Å²) < 4.78 is 6.16. The second-order valence-electron chi connectivity index (χ2n) is 3.11. The molecule has 1 aromatic carbocycles. The maximum absolute atomic E-state index is 11.3. The number of hydrogen-bond donors (Lipinski definition) is 0.